The second-order valence-corrected chi connectivity index (χ2v) is 5.46. The van der Waals surface area contributed by atoms with E-state index < -0.39 is 6.36 Å². The highest BCUT2D eigenvalue weighted by atomic mass is 32.2. The Morgan fingerprint density at radius 1 is 1.30 bits per heavy atom. The topological polar surface area (TPSA) is 21.3 Å². The molecule has 1 aromatic carbocycles. The van der Waals surface area contributed by atoms with Crippen LogP contribution in [0.4, 0.5) is 13.2 Å². The largest absolute Gasteiger partial charge is 0.573 e. The van der Waals surface area contributed by atoms with Crippen LogP contribution in [-0.2, 0) is 0 Å². The van der Waals surface area contributed by atoms with Crippen molar-refractivity contribution in [2.75, 3.05) is 18.1 Å². The van der Waals surface area contributed by atoms with Crippen LogP contribution in [-0.4, -0.2) is 24.4 Å². The van der Waals surface area contributed by atoms with Crippen molar-refractivity contribution in [3.63, 3.8) is 0 Å². The summed E-state index contributed by atoms with van der Waals surface area (Å²) in [5.41, 5.74) is 0.817. The highest BCUT2D eigenvalue weighted by Crippen LogP contribution is 2.27. The number of thioether (sulfide) groups is 1. The van der Waals surface area contributed by atoms with Gasteiger partial charge in [-0.25, -0.2) is 0 Å². The molecule has 6 heteroatoms. The molecule has 0 aliphatic heterocycles. The van der Waals surface area contributed by atoms with Gasteiger partial charge in [-0.2, -0.15) is 11.8 Å². The number of alkyl halides is 3. The lowest BCUT2D eigenvalue weighted by atomic mass is 10.1. The highest BCUT2D eigenvalue weighted by molar-refractivity contribution is 7.99. The smallest absolute Gasteiger partial charge is 0.406 e. The molecule has 0 heterocycles. The SMILES string of the molecule is CCCSCC(NCC)c1cccc(OC(F)(F)F)c1. The fourth-order valence-electron chi connectivity index (χ4n) is 1.79. The van der Waals surface area contributed by atoms with Crippen LogP contribution >= 0.6 is 11.8 Å². The van der Waals surface area contributed by atoms with Crippen LogP contribution in [0.1, 0.15) is 31.9 Å². The molecule has 0 amide bonds. The third-order valence-electron chi connectivity index (χ3n) is 2.58. The van der Waals surface area contributed by atoms with Gasteiger partial charge in [-0.3, -0.25) is 0 Å². The molecule has 1 rings (SSSR count). The molecule has 114 valence electrons. The van der Waals surface area contributed by atoms with E-state index in [0.717, 1.165) is 30.0 Å². The van der Waals surface area contributed by atoms with Gasteiger partial charge < -0.3 is 10.1 Å². The van der Waals surface area contributed by atoms with E-state index in [9.17, 15) is 13.2 Å². The predicted octanol–water partition coefficient (Wildman–Crippen LogP) is 4.38. The highest BCUT2D eigenvalue weighted by Gasteiger charge is 2.31. The summed E-state index contributed by atoms with van der Waals surface area (Å²) in [5.74, 6) is 1.70. The van der Waals surface area contributed by atoms with Crippen molar-refractivity contribution in [3.8, 4) is 5.75 Å². The quantitative estimate of drug-likeness (QED) is 0.720. The summed E-state index contributed by atoms with van der Waals surface area (Å²) in [7, 11) is 0. The summed E-state index contributed by atoms with van der Waals surface area (Å²) in [6, 6.07) is 6.22. The first-order valence-electron chi connectivity index (χ1n) is 6.63. The van der Waals surface area contributed by atoms with Gasteiger partial charge in [-0.15, -0.1) is 13.2 Å². The van der Waals surface area contributed by atoms with Gasteiger partial charge in [0.05, 0.1) is 0 Å². The average molecular weight is 307 g/mol. The molecule has 0 saturated carbocycles. The maximum atomic E-state index is 12.2. The molecule has 1 unspecified atom stereocenters. The first kappa shape index (κ1) is 17.2. The predicted molar refractivity (Wildman–Crippen MR) is 77.2 cm³/mol. The molecule has 0 radical (unpaired) electrons. The minimum Gasteiger partial charge on any atom is -0.406 e. The van der Waals surface area contributed by atoms with Crippen LogP contribution in [0.2, 0.25) is 0 Å². The number of benzene rings is 1. The summed E-state index contributed by atoms with van der Waals surface area (Å²) in [6.45, 7) is 4.85. The number of halogens is 3. The van der Waals surface area contributed by atoms with Crippen LogP contribution < -0.4 is 10.1 Å². The van der Waals surface area contributed by atoms with Crippen molar-refractivity contribution in [1.82, 2.24) is 5.32 Å². The van der Waals surface area contributed by atoms with Crippen molar-refractivity contribution in [2.24, 2.45) is 0 Å². The van der Waals surface area contributed by atoms with E-state index in [0.29, 0.717) is 0 Å². The van der Waals surface area contributed by atoms with E-state index >= 15 is 0 Å². The Hall–Kier alpha value is -0.880. The Bertz CT molecular complexity index is 398. The van der Waals surface area contributed by atoms with E-state index in [1.54, 1.807) is 17.8 Å². The molecular weight excluding hydrogens is 287 g/mol. The molecule has 0 aromatic heterocycles. The zero-order chi connectivity index (χ0) is 15.0. The third-order valence-corrected chi connectivity index (χ3v) is 3.84. The van der Waals surface area contributed by atoms with E-state index in [4.69, 9.17) is 0 Å². The summed E-state index contributed by atoms with van der Waals surface area (Å²) in [5, 5.41) is 3.29. The normalized spacial score (nSPS) is 13.2. The van der Waals surface area contributed by atoms with Gasteiger partial charge in [0.25, 0.3) is 0 Å². The first-order valence-corrected chi connectivity index (χ1v) is 7.78. The second-order valence-electron chi connectivity index (χ2n) is 4.31. The number of ether oxygens (including phenoxy) is 1. The van der Waals surface area contributed by atoms with Gasteiger partial charge in [0.2, 0.25) is 0 Å². The van der Waals surface area contributed by atoms with Crippen molar-refractivity contribution in [1.29, 1.82) is 0 Å². The van der Waals surface area contributed by atoms with Crippen LogP contribution in [0.3, 0.4) is 0 Å². The standard InChI is InChI=1S/C14H20F3NOS/c1-3-8-20-10-13(18-4-2)11-6-5-7-12(9-11)19-14(15,16)17/h5-7,9,13,18H,3-4,8,10H2,1-2H3. The fraction of sp³-hybridized carbons (Fsp3) is 0.571. The van der Waals surface area contributed by atoms with Crippen LogP contribution in [0.5, 0.6) is 5.75 Å². The Labute approximate surface area is 122 Å². The van der Waals surface area contributed by atoms with E-state index in [-0.39, 0.29) is 11.8 Å². The molecule has 1 aromatic rings. The maximum Gasteiger partial charge on any atom is 0.573 e. The minimum absolute atomic E-state index is 0.0355. The molecule has 2 nitrogen and oxygen atoms in total. The Morgan fingerprint density at radius 2 is 2.05 bits per heavy atom. The zero-order valence-corrected chi connectivity index (χ0v) is 12.5. The number of nitrogens with one attached hydrogen (secondary N) is 1. The first-order chi connectivity index (χ1) is 9.46. The molecule has 0 saturated heterocycles. The summed E-state index contributed by atoms with van der Waals surface area (Å²) in [6.07, 6.45) is -3.57. The van der Waals surface area contributed by atoms with Gasteiger partial charge in [0.15, 0.2) is 0 Å². The molecule has 1 atom stereocenters. The van der Waals surface area contributed by atoms with Crippen molar-refractivity contribution in [2.45, 2.75) is 32.7 Å². The lowest BCUT2D eigenvalue weighted by Gasteiger charge is -2.19. The van der Waals surface area contributed by atoms with Gasteiger partial charge in [-0.1, -0.05) is 26.0 Å². The average Bonchev–Trinajstić information content (AvgIpc) is 2.36. The number of rotatable bonds is 8. The third kappa shape index (κ3) is 6.52. The lowest BCUT2D eigenvalue weighted by Crippen LogP contribution is -2.23. The van der Waals surface area contributed by atoms with Crippen molar-refractivity contribution < 1.29 is 17.9 Å². The van der Waals surface area contributed by atoms with E-state index in [1.807, 2.05) is 13.0 Å². The lowest BCUT2D eigenvalue weighted by molar-refractivity contribution is -0.274. The van der Waals surface area contributed by atoms with Crippen LogP contribution in [0.15, 0.2) is 24.3 Å². The minimum atomic E-state index is -4.65. The summed E-state index contributed by atoms with van der Waals surface area (Å²) < 4.78 is 40.6. The maximum absolute atomic E-state index is 12.2. The molecule has 1 N–H and O–H groups in total. The second kappa shape index (κ2) is 8.42. The molecule has 0 aliphatic rings. The fourth-order valence-corrected chi connectivity index (χ4v) is 2.79. The van der Waals surface area contributed by atoms with Crippen LogP contribution in [0.25, 0.3) is 0 Å². The summed E-state index contributed by atoms with van der Waals surface area (Å²) >= 11 is 1.79. The van der Waals surface area contributed by atoms with E-state index in [2.05, 4.69) is 17.0 Å². The van der Waals surface area contributed by atoms with E-state index in [1.165, 1.54) is 12.1 Å². The molecule has 0 aliphatic carbocycles. The number of hydrogen-bond donors (Lipinski definition) is 1. The molecule has 0 bridgehead atoms. The van der Waals surface area contributed by atoms with Crippen molar-refractivity contribution in [3.05, 3.63) is 29.8 Å². The van der Waals surface area contributed by atoms with Gasteiger partial charge in [0.1, 0.15) is 5.75 Å². The Kier molecular flexibility index (Phi) is 7.23. The van der Waals surface area contributed by atoms with Gasteiger partial charge in [0, 0.05) is 11.8 Å². The van der Waals surface area contributed by atoms with Gasteiger partial charge in [-0.05, 0) is 36.4 Å². The Morgan fingerprint density at radius 3 is 2.65 bits per heavy atom. The van der Waals surface area contributed by atoms with Crippen molar-refractivity contribution >= 4 is 11.8 Å². The monoisotopic (exact) mass is 307 g/mol. The zero-order valence-electron chi connectivity index (χ0n) is 11.7. The van der Waals surface area contributed by atoms with Crippen LogP contribution in [0, 0.1) is 0 Å². The molecule has 20 heavy (non-hydrogen) atoms. The molecular formula is C14H20F3NOS. The summed E-state index contributed by atoms with van der Waals surface area (Å²) in [4.78, 5) is 0. The molecule has 0 fully saturated rings. The molecule has 0 spiro atoms. The van der Waals surface area contributed by atoms with Gasteiger partial charge >= 0.3 is 6.36 Å². The number of hydrogen-bond acceptors (Lipinski definition) is 3. The Balaban J connectivity index is 2.76.